The van der Waals surface area contributed by atoms with Gasteiger partial charge in [0.05, 0.1) is 28.9 Å². The van der Waals surface area contributed by atoms with Gasteiger partial charge in [0, 0.05) is 5.38 Å². The monoisotopic (exact) mass is 327 g/mol. The van der Waals surface area contributed by atoms with Gasteiger partial charge in [0.25, 0.3) is 0 Å². The molecule has 0 bridgehead atoms. The lowest BCUT2D eigenvalue weighted by Crippen LogP contribution is -2.19. The molecular weight excluding hydrogens is 315 g/mol. The molecule has 116 valence electrons. The molecule has 1 heterocycles. The molecule has 0 atom stereocenters. The lowest BCUT2D eigenvalue weighted by molar-refractivity contribution is -0.137. The summed E-state index contributed by atoms with van der Waals surface area (Å²) in [7, 11) is 0. The Balaban J connectivity index is 1.88. The van der Waals surface area contributed by atoms with Crippen molar-refractivity contribution in [1.82, 2.24) is 10.4 Å². The van der Waals surface area contributed by atoms with Crippen molar-refractivity contribution in [1.29, 1.82) is 0 Å². The van der Waals surface area contributed by atoms with Gasteiger partial charge >= 0.3 is 6.18 Å². The standard InChI is InChI=1S/C14H12F3N3OS/c1-9-19-12(8-22-9)6-13(21)20-18-7-10-2-4-11(5-3-10)14(15,16)17/h2-5,7-8H,6H2,1H3,(H,20,21)/b18-7-. The van der Waals surface area contributed by atoms with E-state index in [4.69, 9.17) is 0 Å². The summed E-state index contributed by atoms with van der Waals surface area (Å²) in [6.07, 6.45) is -2.98. The van der Waals surface area contributed by atoms with Crippen LogP contribution in [0, 0.1) is 6.92 Å². The van der Waals surface area contributed by atoms with Crippen LogP contribution < -0.4 is 5.43 Å². The van der Waals surface area contributed by atoms with Crippen molar-refractivity contribution in [2.45, 2.75) is 19.5 Å². The van der Waals surface area contributed by atoms with Gasteiger partial charge in [0.2, 0.25) is 5.91 Å². The van der Waals surface area contributed by atoms with E-state index in [-0.39, 0.29) is 12.3 Å². The van der Waals surface area contributed by atoms with Gasteiger partial charge in [-0.25, -0.2) is 10.4 Å². The zero-order valence-corrected chi connectivity index (χ0v) is 12.3. The number of hydrogen-bond donors (Lipinski definition) is 1. The normalized spacial score (nSPS) is 11.8. The summed E-state index contributed by atoms with van der Waals surface area (Å²) in [5, 5.41) is 6.36. The molecule has 0 fully saturated rings. The lowest BCUT2D eigenvalue weighted by Gasteiger charge is -2.05. The second-order valence-corrected chi connectivity index (χ2v) is 5.51. The second kappa shape index (κ2) is 6.69. The van der Waals surface area contributed by atoms with Gasteiger partial charge in [-0.15, -0.1) is 11.3 Å². The van der Waals surface area contributed by atoms with Crippen molar-refractivity contribution < 1.29 is 18.0 Å². The first-order chi connectivity index (χ1) is 10.3. The molecule has 0 unspecified atom stereocenters. The third-order valence-electron chi connectivity index (χ3n) is 2.65. The molecule has 0 saturated heterocycles. The zero-order valence-electron chi connectivity index (χ0n) is 11.5. The minimum absolute atomic E-state index is 0.106. The summed E-state index contributed by atoms with van der Waals surface area (Å²) in [6.45, 7) is 1.84. The average Bonchev–Trinajstić information content (AvgIpc) is 2.83. The molecule has 0 aliphatic heterocycles. The fourth-order valence-electron chi connectivity index (χ4n) is 1.63. The van der Waals surface area contributed by atoms with E-state index >= 15 is 0 Å². The van der Waals surface area contributed by atoms with Crippen LogP contribution in [0.4, 0.5) is 13.2 Å². The molecule has 1 N–H and O–H groups in total. The minimum Gasteiger partial charge on any atom is -0.273 e. The number of aromatic nitrogens is 1. The van der Waals surface area contributed by atoms with Gasteiger partial charge in [-0.3, -0.25) is 4.79 Å². The van der Waals surface area contributed by atoms with Crippen LogP contribution in [0.25, 0.3) is 0 Å². The van der Waals surface area contributed by atoms with Crippen molar-refractivity contribution in [2.75, 3.05) is 0 Å². The van der Waals surface area contributed by atoms with Crippen LogP contribution >= 0.6 is 11.3 Å². The topological polar surface area (TPSA) is 54.4 Å². The van der Waals surface area contributed by atoms with Crippen LogP contribution in [0.5, 0.6) is 0 Å². The van der Waals surface area contributed by atoms with E-state index in [1.54, 1.807) is 5.38 Å². The first-order valence-electron chi connectivity index (χ1n) is 6.25. The number of thiazole rings is 1. The predicted molar refractivity (Wildman–Crippen MR) is 77.7 cm³/mol. The van der Waals surface area contributed by atoms with Gasteiger partial charge in [-0.05, 0) is 24.6 Å². The molecule has 1 amide bonds. The summed E-state index contributed by atoms with van der Waals surface area (Å²) in [4.78, 5) is 15.7. The SMILES string of the molecule is Cc1nc(CC(=O)N/N=C\c2ccc(C(F)(F)F)cc2)cs1. The van der Waals surface area contributed by atoms with E-state index < -0.39 is 11.7 Å². The van der Waals surface area contributed by atoms with Gasteiger partial charge in [0.1, 0.15) is 0 Å². The van der Waals surface area contributed by atoms with Crippen LogP contribution in [0.2, 0.25) is 0 Å². The Hall–Kier alpha value is -2.22. The number of rotatable bonds is 4. The van der Waals surface area contributed by atoms with E-state index in [0.717, 1.165) is 17.1 Å². The van der Waals surface area contributed by atoms with E-state index in [1.807, 2.05) is 6.92 Å². The second-order valence-electron chi connectivity index (χ2n) is 4.45. The highest BCUT2D eigenvalue weighted by molar-refractivity contribution is 7.09. The number of nitrogens with zero attached hydrogens (tertiary/aromatic N) is 2. The summed E-state index contributed by atoms with van der Waals surface area (Å²) < 4.78 is 37.2. The summed E-state index contributed by atoms with van der Waals surface area (Å²) in [5.74, 6) is -0.339. The number of alkyl halides is 3. The number of carbonyl (C=O) groups is 1. The third-order valence-corrected chi connectivity index (χ3v) is 3.47. The van der Waals surface area contributed by atoms with Gasteiger partial charge in [0.15, 0.2) is 0 Å². The van der Waals surface area contributed by atoms with Crippen molar-refractivity contribution in [2.24, 2.45) is 5.10 Å². The number of amides is 1. The maximum atomic E-state index is 12.4. The number of aryl methyl sites for hydroxylation is 1. The Morgan fingerprint density at radius 3 is 2.59 bits per heavy atom. The molecule has 0 saturated carbocycles. The van der Waals surface area contributed by atoms with Gasteiger partial charge in [-0.1, -0.05) is 12.1 Å². The van der Waals surface area contributed by atoms with Gasteiger partial charge in [-0.2, -0.15) is 18.3 Å². The summed E-state index contributed by atoms with van der Waals surface area (Å²) in [5.41, 5.74) is 2.69. The molecule has 22 heavy (non-hydrogen) atoms. The lowest BCUT2D eigenvalue weighted by atomic mass is 10.1. The maximum Gasteiger partial charge on any atom is 0.416 e. The quantitative estimate of drug-likeness (QED) is 0.693. The Morgan fingerprint density at radius 2 is 2.05 bits per heavy atom. The van der Waals surface area contributed by atoms with Crippen LogP contribution in [0.3, 0.4) is 0 Å². The Labute approximate surface area is 128 Å². The smallest absolute Gasteiger partial charge is 0.273 e. The summed E-state index contributed by atoms with van der Waals surface area (Å²) in [6, 6.07) is 4.48. The maximum absolute atomic E-state index is 12.4. The number of benzene rings is 1. The molecule has 1 aromatic heterocycles. The fourth-order valence-corrected chi connectivity index (χ4v) is 2.24. The van der Waals surface area contributed by atoms with Crippen molar-refractivity contribution in [3.8, 4) is 0 Å². The number of hydrazone groups is 1. The fraction of sp³-hybridized carbons (Fsp3) is 0.214. The van der Waals surface area contributed by atoms with Crippen molar-refractivity contribution in [3.05, 3.63) is 51.5 Å². The van der Waals surface area contributed by atoms with E-state index in [1.165, 1.54) is 29.7 Å². The highest BCUT2D eigenvalue weighted by atomic mass is 32.1. The Kier molecular flexibility index (Phi) is 4.92. The third kappa shape index (κ3) is 4.66. The molecule has 2 aromatic rings. The molecular formula is C14H12F3N3OS. The van der Waals surface area contributed by atoms with Crippen LogP contribution in [-0.2, 0) is 17.4 Å². The van der Waals surface area contributed by atoms with E-state index in [2.05, 4.69) is 15.5 Å². The Morgan fingerprint density at radius 1 is 1.36 bits per heavy atom. The highest BCUT2D eigenvalue weighted by Crippen LogP contribution is 2.28. The van der Waals surface area contributed by atoms with Gasteiger partial charge < -0.3 is 0 Å². The summed E-state index contributed by atoms with van der Waals surface area (Å²) >= 11 is 1.45. The van der Waals surface area contributed by atoms with E-state index in [9.17, 15) is 18.0 Å². The highest BCUT2D eigenvalue weighted by Gasteiger charge is 2.29. The molecule has 0 spiro atoms. The molecule has 1 aromatic carbocycles. The number of nitrogens with one attached hydrogen (secondary N) is 1. The van der Waals surface area contributed by atoms with Crippen LogP contribution in [0.1, 0.15) is 21.8 Å². The first kappa shape index (κ1) is 16.2. The largest absolute Gasteiger partial charge is 0.416 e. The number of carbonyl (C=O) groups excluding carboxylic acids is 1. The first-order valence-corrected chi connectivity index (χ1v) is 7.13. The molecule has 0 aliphatic rings. The molecule has 4 nitrogen and oxygen atoms in total. The molecule has 2 rings (SSSR count). The van der Waals surface area contributed by atoms with Crippen LogP contribution in [-0.4, -0.2) is 17.1 Å². The number of halogens is 3. The minimum atomic E-state index is -4.37. The number of hydrogen-bond acceptors (Lipinski definition) is 4. The molecule has 0 radical (unpaired) electrons. The van der Waals surface area contributed by atoms with E-state index in [0.29, 0.717) is 11.3 Å². The van der Waals surface area contributed by atoms with Crippen LogP contribution in [0.15, 0.2) is 34.7 Å². The van der Waals surface area contributed by atoms with Crippen molar-refractivity contribution >= 4 is 23.5 Å². The van der Waals surface area contributed by atoms with Crippen molar-refractivity contribution in [3.63, 3.8) is 0 Å². The zero-order chi connectivity index (χ0) is 16.2. The molecule has 8 heteroatoms. The predicted octanol–water partition coefficient (Wildman–Crippen LogP) is 3.16. The molecule has 0 aliphatic carbocycles. The average molecular weight is 327 g/mol. The Bertz CT molecular complexity index is 677.